The highest BCUT2D eigenvalue weighted by molar-refractivity contribution is 6.28. The molecule has 2 aromatic heterocycles. The SMILES string of the molecule is Cc1cc(Nc2nc(Cl)nc(N3CCOCC3)c2F)n[nH]1.O=C(O)C(F)(F)F. The summed E-state index contributed by atoms with van der Waals surface area (Å²) in [6, 6.07) is 1.74. The number of hydrogen-bond donors (Lipinski definition) is 3. The molecule has 0 spiro atoms. The topological polar surface area (TPSA) is 116 Å². The fraction of sp³-hybridized carbons (Fsp3) is 0.429. The number of aromatic nitrogens is 4. The minimum absolute atomic E-state index is 0.00277. The van der Waals surface area contributed by atoms with Crippen LogP contribution >= 0.6 is 11.6 Å². The van der Waals surface area contributed by atoms with Crippen molar-refractivity contribution in [2.24, 2.45) is 0 Å². The second kappa shape index (κ2) is 9.01. The predicted octanol–water partition coefficient (Wildman–Crippen LogP) is 2.51. The van der Waals surface area contributed by atoms with Crippen molar-refractivity contribution in [3.8, 4) is 0 Å². The number of aryl methyl sites for hydroxylation is 1. The molecule has 0 saturated carbocycles. The van der Waals surface area contributed by atoms with Gasteiger partial charge in [-0.1, -0.05) is 0 Å². The number of nitrogens with zero attached hydrogens (tertiary/aromatic N) is 4. The number of aromatic amines is 1. The van der Waals surface area contributed by atoms with Gasteiger partial charge in [-0.15, -0.1) is 0 Å². The third kappa shape index (κ3) is 5.92. The number of aliphatic carboxylic acids is 1. The van der Waals surface area contributed by atoms with E-state index in [1.165, 1.54) is 0 Å². The third-order valence-electron chi connectivity index (χ3n) is 3.31. The molecule has 1 fully saturated rings. The number of rotatable bonds is 3. The van der Waals surface area contributed by atoms with Gasteiger partial charge in [0.25, 0.3) is 0 Å². The number of morpholine rings is 1. The summed E-state index contributed by atoms with van der Waals surface area (Å²) < 4.78 is 51.5. The van der Waals surface area contributed by atoms with Crippen molar-refractivity contribution >= 4 is 35.0 Å². The number of carboxylic acids is 1. The predicted molar refractivity (Wildman–Crippen MR) is 90.3 cm³/mol. The Bertz CT molecular complexity index is 826. The first kappa shape index (κ1) is 21.6. The molecule has 154 valence electrons. The van der Waals surface area contributed by atoms with E-state index in [1.807, 2.05) is 6.92 Å². The molecule has 1 saturated heterocycles. The van der Waals surface area contributed by atoms with Crippen LogP contribution in [0.2, 0.25) is 5.28 Å². The molecule has 0 aliphatic carbocycles. The molecule has 1 aliphatic rings. The minimum atomic E-state index is -5.08. The number of carboxylic acid groups (broad SMARTS) is 1. The Morgan fingerprint density at radius 1 is 1.36 bits per heavy atom. The molecule has 3 rings (SSSR count). The molecule has 28 heavy (non-hydrogen) atoms. The van der Waals surface area contributed by atoms with Crippen LogP contribution in [0, 0.1) is 12.7 Å². The highest BCUT2D eigenvalue weighted by Crippen LogP contribution is 2.26. The summed E-state index contributed by atoms with van der Waals surface area (Å²) in [7, 11) is 0. The second-order valence-corrected chi connectivity index (χ2v) is 5.78. The van der Waals surface area contributed by atoms with E-state index in [0.717, 1.165) is 5.69 Å². The first-order valence-electron chi connectivity index (χ1n) is 7.73. The lowest BCUT2D eigenvalue weighted by molar-refractivity contribution is -0.192. The second-order valence-electron chi connectivity index (χ2n) is 5.44. The number of hydrogen-bond acceptors (Lipinski definition) is 7. The number of halogens is 5. The van der Waals surface area contributed by atoms with E-state index in [9.17, 15) is 17.6 Å². The number of H-pyrrole nitrogens is 1. The van der Waals surface area contributed by atoms with Crippen LogP contribution in [-0.4, -0.2) is 63.7 Å². The third-order valence-corrected chi connectivity index (χ3v) is 3.48. The lowest BCUT2D eigenvalue weighted by Crippen LogP contribution is -2.37. The Labute approximate surface area is 160 Å². The molecular formula is C14H15ClF4N6O3. The van der Waals surface area contributed by atoms with Crippen LogP contribution in [0.15, 0.2) is 6.07 Å². The monoisotopic (exact) mass is 426 g/mol. The van der Waals surface area contributed by atoms with Gasteiger partial charge in [0, 0.05) is 24.8 Å². The summed E-state index contributed by atoms with van der Waals surface area (Å²) in [5, 5.41) is 16.7. The zero-order valence-electron chi connectivity index (χ0n) is 14.3. The molecule has 0 radical (unpaired) electrons. The van der Waals surface area contributed by atoms with Crippen molar-refractivity contribution in [1.29, 1.82) is 0 Å². The molecule has 3 N–H and O–H groups in total. The molecule has 1 aliphatic heterocycles. The maximum Gasteiger partial charge on any atom is 0.490 e. The van der Waals surface area contributed by atoms with Gasteiger partial charge in [-0.3, -0.25) is 5.10 Å². The largest absolute Gasteiger partial charge is 0.490 e. The Kier molecular flexibility index (Phi) is 6.96. The van der Waals surface area contributed by atoms with Crippen molar-refractivity contribution in [3.63, 3.8) is 0 Å². The standard InChI is InChI=1S/C12H14ClFN6O.C2HF3O2/c1-7-6-8(19-18-7)15-10-9(14)11(17-12(13)16-10)20-2-4-21-5-3-20;3-2(4,5)1(6)7/h6H,2-5H2,1H3,(H2,15,16,17,18,19);(H,6,7). The first-order chi connectivity index (χ1) is 13.1. The average molecular weight is 427 g/mol. The van der Waals surface area contributed by atoms with E-state index in [2.05, 4.69) is 25.5 Å². The lowest BCUT2D eigenvalue weighted by Gasteiger charge is -2.28. The molecule has 3 heterocycles. The summed E-state index contributed by atoms with van der Waals surface area (Å²) in [6.07, 6.45) is -5.08. The van der Waals surface area contributed by atoms with Crippen LogP contribution in [0.25, 0.3) is 0 Å². The van der Waals surface area contributed by atoms with Crippen LogP contribution in [0.5, 0.6) is 0 Å². The molecule has 0 bridgehead atoms. The van der Waals surface area contributed by atoms with Crippen molar-refractivity contribution in [1.82, 2.24) is 20.2 Å². The van der Waals surface area contributed by atoms with E-state index in [0.29, 0.717) is 32.1 Å². The molecular weight excluding hydrogens is 412 g/mol. The summed E-state index contributed by atoms with van der Waals surface area (Å²) in [5.41, 5.74) is 0.853. The van der Waals surface area contributed by atoms with Gasteiger partial charge in [-0.2, -0.15) is 32.6 Å². The van der Waals surface area contributed by atoms with E-state index >= 15 is 0 Å². The molecule has 0 aromatic carbocycles. The van der Waals surface area contributed by atoms with Gasteiger partial charge < -0.3 is 20.1 Å². The molecule has 2 aromatic rings. The molecule has 0 amide bonds. The summed E-state index contributed by atoms with van der Waals surface area (Å²) in [5.74, 6) is -2.67. The Morgan fingerprint density at radius 3 is 2.46 bits per heavy atom. The Balaban J connectivity index is 0.000000345. The fourth-order valence-corrected chi connectivity index (χ4v) is 2.24. The summed E-state index contributed by atoms with van der Waals surface area (Å²) >= 11 is 5.90. The van der Waals surface area contributed by atoms with Gasteiger partial charge in [0.05, 0.1) is 13.2 Å². The Hall–Kier alpha value is -2.67. The van der Waals surface area contributed by atoms with Gasteiger partial charge in [0.2, 0.25) is 11.1 Å². The minimum Gasteiger partial charge on any atom is -0.475 e. The van der Waals surface area contributed by atoms with Gasteiger partial charge in [0.15, 0.2) is 17.5 Å². The van der Waals surface area contributed by atoms with Gasteiger partial charge >= 0.3 is 12.1 Å². The zero-order chi connectivity index (χ0) is 20.9. The zero-order valence-corrected chi connectivity index (χ0v) is 15.1. The maximum atomic E-state index is 14.6. The quantitative estimate of drug-likeness (QED) is 0.506. The smallest absolute Gasteiger partial charge is 0.475 e. The molecule has 0 unspecified atom stereocenters. The number of nitrogens with one attached hydrogen (secondary N) is 2. The average Bonchev–Trinajstić information content (AvgIpc) is 3.03. The number of carbonyl (C=O) groups is 1. The normalized spacial score (nSPS) is 14.3. The van der Waals surface area contributed by atoms with Crippen molar-refractivity contribution in [2.45, 2.75) is 13.1 Å². The highest BCUT2D eigenvalue weighted by Gasteiger charge is 2.38. The van der Waals surface area contributed by atoms with Gasteiger partial charge in [-0.05, 0) is 18.5 Å². The fourth-order valence-electron chi connectivity index (χ4n) is 2.08. The summed E-state index contributed by atoms with van der Waals surface area (Å²) in [4.78, 5) is 18.6. The molecule has 0 atom stereocenters. The van der Waals surface area contributed by atoms with E-state index in [4.69, 9.17) is 26.2 Å². The number of anilines is 3. The van der Waals surface area contributed by atoms with E-state index < -0.39 is 18.0 Å². The van der Waals surface area contributed by atoms with Crippen molar-refractivity contribution in [2.75, 3.05) is 36.5 Å². The molecule has 14 heteroatoms. The maximum absolute atomic E-state index is 14.6. The van der Waals surface area contributed by atoms with E-state index in [-0.39, 0.29) is 16.9 Å². The van der Waals surface area contributed by atoms with Crippen LogP contribution in [0.4, 0.5) is 35.0 Å². The van der Waals surface area contributed by atoms with E-state index in [1.54, 1.807) is 11.0 Å². The van der Waals surface area contributed by atoms with Crippen LogP contribution in [0.3, 0.4) is 0 Å². The van der Waals surface area contributed by atoms with Gasteiger partial charge in [0.1, 0.15) is 0 Å². The van der Waals surface area contributed by atoms with Crippen molar-refractivity contribution in [3.05, 3.63) is 22.9 Å². The molecule has 9 nitrogen and oxygen atoms in total. The van der Waals surface area contributed by atoms with Crippen LogP contribution in [0.1, 0.15) is 5.69 Å². The Morgan fingerprint density at radius 2 is 1.96 bits per heavy atom. The van der Waals surface area contributed by atoms with Crippen LogP contribution in [-0.2, 0) is 9.53 Å². The summed E-state index contributed by atoms with van der Waals surface area (Å²) in [6.45, 7) is 4.03. The van der Waals surface area contributed by atoms with Crippen LogP contribution < -0.4 is 10.2 Å². The first-order valence-corrected chi connectivity index (χ1v) is 8.10. The highest BCUT2D eigenvalue weighted by atomic mass is 35.5. The van der Waals surface area contributed by atoms with Crippen molar-refractivity contribution < 1.29 is 32.2 Å². The van der Waals surface area contributed by atoms with Gasteiger partial charge in [-0.25, -0.2) is 4.79 Å². The number of alkyl halides is 3. The lowest BCUT2D eigenvalue weighted by atomic mass is 10.3. The number of ether oxygens (including phenoxy) is 1.